The van der Waals surface area contributed by atoms with Gasteiger partial charge in [-0.25, -0.2) is 9.59 Å². The number of nitrogens with one attached hydrogen (secondary N) is 2. The quantitative estimate of drug-likeness (QED) is 0.541. The van der Waals surface area contributed by atoms with Gasteiger partial charge in [0.05, 0.1) is 6.42 Å². The van der Waals surface area contributed by atoms with E-state index in [9.17, 15) is 14.4 Å². The fraction of sp³-hybridized carbons (Fsp3) is 0.667. The molecule has 1 aliphatic rings. The summed E-state index contributed by atoms with van der Waals surface area (Å²) in [4.78, 5) is 32.5. The maximum Gasteiger partial charge on any atom is 0.326 e. The van der Waals surface area contributed by atoms with Crippen LogP contribution in [0.2, 0.25) is 0 Å². The third kappa shape index (κ3) is 4.94. The Morgan fingerprint density at radius 3 is 2.53 bits per heavy atom. The van der Waals surface area contributed by atoms with Crippen LogP contribution in [0.25, 0.3) is 0 Å². The van der Waals surface area contributed by atoms with E-state index in [4.69, 9.17) is 10.2 Å². The van der Waals surface area contributed by atoms with Crippen LogP contribution in [0.15, 0.2) is 0 Å². The highest BCUT2D eigenvalue weighted by Gasteiger charge is 2.24. The summed E-state index contributed by atoms with van der Waals surface area (Å²) < 4.78 is 0. The first-order chi connectivity index (χ1) is 7.99. The lowest BCUT2D eigenvalue weighted by molar-refractivity contribution is -0.145. The molecule has 0 bridgehead atoms. The maximum absolute atomic E-state index is 11.4. The molecule has 2 atom stereocenters. The molecule has 0 spiro atoms. The topological polar surface area (TPSA) is 116 Å². The van der Waals surface area contributed by atoms with E-state index in [1.54, 1.807) is 11.8 Å². The number of carbonyl (C=O) groups excluding carboxylic acids is 1. The summed E-state index contributed by atoms with van der Waals surface area (Å²) in [6, 6.07) is -2.01. The van der Waals surface area contributed by atoms with Crippen LogP contribution >= 0.6 is 11.8 Å². The predicted molar refractivity (Wildman–Crippen MR) is 61.1 cm³/mol. The second-order valence-electron chi connectivity index (χ2n) is 3.67. The highest BCUT2D eigenvalue weighted by molar-refractivity contribution is 7.99. The van der Waals surface area contributed by atoms with Gasteiger partial charge >= 0.3 is 18.0 Å². The van der Waals surface area contributed by atoms with Crippen LogP contribution in [0.3, 0.4) is 0 Å². The minimum atomic E-state index is -1.40. The Hall–Kier alpha value is -1.44. The normalized spacial score (nSPS) is 20.6. The van der Waals surface area contributed by atoms with Gasteiger partial charge in [-0.05, 0) is 12.2 Å². The summed E-state index contributed by atoms with van der Waals surface area (Å²) in [5.41, 5.74) is 0. The van der Waals surface area contributed by atoms with E-state index in [0.29, 0.717) is 0 Å². The van der Waals surface area contributed by atoms with Crippen molar-refractivity contribution >= 4 is 29.7 Å². The number of hydrogen-bond donors (Lipinski definition) is 4. The van der Waals surface area contributed by atoms with Gasteiger partial charge in [0.1, 0.15) is 6.04 Å². The van der Waals surface area contributed by atoms with Crippen molar-refractivity contribution in [2.75, 3.05) is 11.5 Å². The molecule has 1 aliphatic heterocycles. The lowest BCUT2D eigenvalue weighted by atomic mass is 10.2. The number of carboxylic acid groups (broad SMARTS) is 2. The van der Waals surface area contributed by atoms with Gasteiger partial charge in [-0.3, -0.25) is 4.79 Å². The van der Waals surface area contributed by atoms with Gasteiger partial charge in [0.15, 0.2) is 0 Å². The van der Waals surface area contributed by atoms with Gasteiger partial charge < -0.3 is 20.8 Å². The summed E-state index contributed by atoms with van der Waals surface area (Å²) in [7, 11) is 0. The number of urea groups is 1. The van der Waals surface area contributed by atoms with Crippen molar-refractivity contribution in [1.29, 1.82) is 0 Å². The molecule has 2 unspecified atom stereocenters. The fourth-order valence-corrected chi connectivity index (χ4v) is 2.56. The van der Waals surface area contributed by atoms with Crippen molar-refractivity contribution < 1.29 is 24.6 Å². The van der Waals surface area contributed by atoms with E-state index >= 15 is 0 Å². The molecule has 0 aromatic heterocycles. The van der Waals surface area contributed by atoms with Crippen LogP contribution in [0, 0.1) is 0 Å². The molecule has 1 rings (SSSR count). The molecule has 0 radical (unpaired) electrons. The van der Waals surface area contributed by atoms with E-state index in [0.717, 1.165) is 17.9 Å². The van der Waals surface area contributed by atoms with Crippen LogP contribution in [0.5, 0.6) is 0 Å². The van der Waals surface area contributed by atoms with Crippen molar-refractivity contribution in [3.63, 3.8) is 0 Å². The van der Waals surface area contributed by atoms with E-state index in [1.165, 1.54) is 0 Å². The van der Waals surface area contributed by atoms with Crippen LogP contribution in [-0.2, 0) is 9.59 Å². The Bertz CT molecular complexity index is 317. The Kier molecular flexibility index (Phi) is 5.08. The second kappa shape index (κ2) is 6.33. The minimum absolute atomic E-state index is 0.0271. The summed E-state index contributed by atoms with van der Waals surface area (Å²) in [6.45, 7) is 0. The van der Waals surface area contributed by atoms with E-state index < -0.39 is 30.4 Å². The maximum atomic E-state index is 11.4. The van der Waals surface area contributed by atoms with Crippen molar-refractivity contribution in [2.24, 2.45) is 0 Å². The van der Waals surface area contributed by atoms with Crippen LogP contribution in [-0.4, -0.2) is 51.8 Å². The first-order valence-electron chi connectivity index (χ1n) is 5.08. The SMILES string of the molecule is O=C(O)CC(NC(=O)NC1CCSC1)C(=O)O. The third-order valence-corrected chi connectivity index (χ3v) is 3.41. The monoisotopic (exact) mass is 262 g/mol. The van der Waals surface area contributed by atoms with Crippen molar-refractivity contribution in [2.45, 2.75) is 24.9 Å². The Morgan fingerprint density at radius 2 is 2.06 bits per heavy atom. The number of carbonyl (C=O) groups is 3. The van der Waals surface area contributed by atoms with Gasteiger partial charge in [-0.2, -0.15) is 11.8 Å². The molecule has 1 saturated heterocycles. The molecule has 8 heteroatoms. The first kappa shape index (κ1) is 13.6. The van der Waals surface area contributed by atoms with Crippen molar-refractivity contribution in [1.82, 2.24) is 10.6 Å². The highest BCUT2D eigenvalue weighted by atomic mass is 32.2. The van der Waals surface area contributed by atoms with Gasteiger partial charge in [-0.15, -0.1) is 0 Å². The van der Waals surface area contributed by atoms with E-state index in [-0.39, 0.29) is 6.04 Å². The number of hydrogen-bond acceptors (Lipinski definition) is 4. The third-order valence-electron chi connectivity index (χ3n) is 2.25. The Labute approximate surface area is 102 Å². The molecule has 0 aromatic carbocycles. The van der Waals surface area contributed by atoms with E-state index in [1.807, 2.05) is 0 Å². The van der Waals surface area contributed by atoms with Gasteiger partial charge in [-0.1, -0.05) is 0 Å². The van der Waals surface area contributed by atoms with Crippen LogP contribution in [0.4, 0.5) is 4.79 Å². The molecule has 7 nitrogen and oxygen atoms in total. The number of aliphatic carboxylic acids is 2. The zero-order valence-corrected chi connectivity index (χ0v) is 9.83. The predicted octanol–water partition coefficient (Wildman–Crippen LogP) is -0.281. The van der Waals surface area contributed by atoms with Crippen molar-refractivity contribution in [3.05, 3.63) is 0 Å². The van der Waals surface area contributed by atoms with Gasteiger partial charge in [0.25, 0.3) is 0 Å². The summed E-state index contributed by atoms with van der Waals surface area (Å²) in [5, 5.41) is 22.0. The highest BCUT2D eigenvalue weighted by Crippen LogP contribution is 2.16. The number of carboxylic acids is 2. The first-order valence-corrected chi connectivity index (χ1v) is 6.24. The lowest BCUT2D eigenvalue weighted by Gasteiger charge is -2.16. The molecule has 17 heavy (non-hydrogen) atoms. The summed E-state index contributed by atoms with van der Waals surface area (Å²) in [6.07, 6.45) is 0.205. The van der Waals surface area contributed by atoms with E-state index in [2.05, 4.69) is 10.6 Å². The molecule has 96 valence electrons. The summed E-state index contributed by atoms with van der Waals surface area (Å²) in [5.74, 6) is -0.871. The average molecular weight is 262 g/mol. The molecule has 1 fully saturated rings. The Morgan fingerprint density at radius 1 is 1.35 bits per heavy atom. The molecule has 1 heterocycles. The smallest absolute Gasteiger partial charge is 0.326 e. The van der Waals surface area contributed by atoms with Crippen molar-refractivity contribution in [3.8, 4) is 0 Å². The second-order valence-corrected chi connectivity index (χ2v) is 4.82. The molecule has 0 aromatic rings. The number of amides is 2. The van der Waals surface area contributed by atoms with Crippen LogP contribution < -0.4 is 10.6 Å². The minimum Gasteiger partial charge on any atom is -0.481 e. The largest absolute Gasteiger partial charge is 0.481 e. The standard InChI is InChI=1S/C9H14N2O5S/c12-7(13)3-6(8(14)15)11-9(16)10-5-1-2-17-4-5/h5-6H,1-4H2,(H,12,13)(H,14,15)(H2,10,11,16). The van der Waals surface area contributed by atoms with Gasteiger partial charge in [0.2, 0.25) is 0 Å². The molecule has 2 amide bonds. The number of thioether (sulfide) groups is 1. The zero-order chi connectivity index (χ0) is 12.8. The molecular formula is C9H14N2O5S. The van der Waals surface area contributed by atoms with Gasteiger partial charge in [0, 0.05) is 11.8 Å². The fourth-order valence-electron chi connectivity index (χ4n) is 1.41. The average Bonchev–Trinajstić information content (AvgIpc) is 2.68. The molecule has 0 aliphatic carbocycles. The Balaban J connectivity index is 2.40. The lowest BCUT2D eigenvalue weighted by Crippen LogP contribution is -2.49. The molecule has 4 N–H and O–H groups in total. The molecular weight excluding hydrogens is 248 g/mol. The molecule has 0 saturated carbocycles. The zero-order valence-electron chi connectivity index (χ0n) is 9.01. The summed E-state index contributed by atoms with van der Waals surface area (Å²) >= 11 is 1.71. The number of rotatable bonds is 5. The van der Waals surface area contributed by atoms with Crippen LogP contribution in [0.1, 0.15) is 12.8 Å².